The third-order valence-electron chi connectivity index (χ3n) is 2.92. The third kappa shape index (κ3) is 5.59. The monoisotopic (exact) mass is 287 g/mol. The first-order valence-electron chi connectivity index (χ1n) is 6.31. The average molecular weight is 287 g/mol. The standard InChI is InChI=1S/C13H25N3O3.CH4/c1-8(10(17)14-6)15-11(18)9(2)16(7)12(19)13(3,4)5;/h8-9H,1-7H3,(H,14,17)(H,15,18);1H4. The highest BCUT2D eigenvalue weighted by molar-refractivity contribution is 5.92. The van der Waals surface area contributed by atoms with Crippen LogP contribution in [0, 0.1) is 5.41 Å². The Bertz CT molecular complexity index is 361. The predicted octanol–water partition coefficient (Wildman–Crippen LogP) is 0.766. The number of hydrogen-bond donors (Lipinski definition) is 2. The lowest BCUT2D eigenvalue weighted by Crippen LogP contribution is -2.53. The summed E-state index contributed by atoms with van der Waals surface area (Å²) >= 11 is 0. The van der Waals surface area contributed by atoms with Crippen LogP contribution < -0.4 is 10.6 Å². The average Bonchev–Trinajstić information content (AvgIpc) is 2.33. The van der Waals surface area contributed by atoms with Gasteiger partial charge in [0.25, 0.3) is 0 Å². The molecule has 0 aliphatic rings. The van der Waals surface area contributed by atoms with Crippen molar-refractivity contribution in [3.05, 3.63) is 0 Å². The van der Waals surface area contributed by atoms with Crippen molar-refractivity contribution in [1.82, 2.24) is 15.5 Å². The van der Waals surface area contributed by atoms with E-state index in [4.69, 9.17) is 0 Å². The van der Waals surface area contributed by atoms with Gasteiger partial charge in [-0.25, -0.2) is 0 Å². The zero-order valence-corrected chi connectivity index (χ0v) is 12.8. The molecule has 20 heavy (non-hydrogen) atoms. The molecule has 3 amide bonds. The van der Waals surface area contributed by atoms with E-state index in [0.717, 1.165) is 0 Å². The molecule has 118 valence electrons. The Morgan fingerprint density at radius 3 is 1.85 bits per heavy atom. The molecule has 6 heteroatoms. The Kier molecular flexibility index (Phi) is 8.15. The minimum atomic E-state index is -0.627. The van der Waals surface area contributed by atoms with Gasteiger partial charge in [-0.05, 0) is 13.8 Å². The van der Waals surface area contributed by atoms with Crippen LogP contribution in [0.25, 0.3) is 0 Å². The van der Waals surface area contributed by atoms with E-state index in [1.165, 1.54) is 11.9 Å². The normalized spacial score (nSPS) is 13.6. The van der Waals surface area contributed by atoms with Crippen LogP contribution in [0.2, 0.25) is 0 Å². The molecule has 2 unspecified atom stereocenters. The number of rotatable bonds is 4. The van der Waals surface area contributed by atoms with Crippen LogP contribution in [0.5, 0.6) is 0 Å². The number of likely N-dealkylation sites (N-methyl/N-ethyl adjacent to an activating group) is 2. The number of amides is 3. The minimum absolute atomic E-state index is 0. The van der Waals surface area contributed by atoms with Gasteiger partial charge in [0.05, 0.1) is 0 Å². The second-order valence-electron chi connectivity index (χ2n) is 5.69. The third-order valence-corrected chi connectivity index (χ3v) is 2.92. The van der Waals surface area contributed by atoms with Gasteiger partial charge in [-0.3, -0.25) is 14.4 Å². The first kappa shape index (κ1) is 20.7. The Labute approximate surface area is 122 Å². The molecule has 0 saturated carbocycles. The van der Waals surface area contributed by atoms with E-state index in [1.54, 1.807) is 41.7 Å². The maximum atomic E-state index is 12.1. The van der Waals surface area contributed by atoms with E-state index >= 15 is 0 Å². The van der Waals surface area contributed by atoms with Crippen LogP contribution >= 0.6 is 0 Å². The Morgan fingerprint density at radius 2 is 1.50 bits per heavy atom. The summed E-state index contributed by atoms with van der Waals surface area (Å²) < 4.78 is 0. The molecular formula is C14H29N3O3. The topological polar surface area (TPSA) is 78.5 Å². The molecule has 0 radical (unpaired) electrons. The fourth-order valence-corrected chi connectivity index (χ4v) is 1.50. The zero-order valence-electron chi connectivity index (χ0n) is 12.8. The number of carbonyl (C=O) groups is 3. The van der Waals surface area contributed by atoms with Gasteiger partial charge in [-0.15, -0.1) is 0 Å². The molecule has 0 heterocycles. The second kappa shape index (κ2) is 7.87. The van der Waals surface area contributed by atoms with Crippen molar-refractivity contribution < 1.29 is 14.4 Å². The number of carbonyl (C=O) groups excluding carboxylic acids is 3. The van der Waals surface area contributed by atoms with Crippen molar-refractivity contribution in [2.75, 3.05) is 14.1 Å². The van der Waals surface area contributed by atoms with Gasteiger partial charge >= 0.3 is 0 Å². The first-order valence-corrected chi connectivity index (χ1v) is 6.31. The Morgan fingerprint density at radius 1 is 1.05 bits per heavy atom. The molecule has 0 aromatic rings. The van der Waals surface area contributed by atoms with Gasteiger partial charge in [0.2, 0.25) is 17.7 Å². The van der Waals surface area contributed by atoms with Crippen LogP contribution in [-0.2, 0) is 14.4 Å². The smallest absolute Gasteiger partial charge is 0.243 e. The summed E-state index contributed by atoms with van der Waals surface area (Å²) in [6.07, 6.45) is 0. The van der Waals surface area contributed by atoms with Crippen LogP contribution in [0.3, 0.4) is 0 Å². The van der Waals surface area contributed by atoms with E-state index in [1.807, 2.05) is 0 Å². The lowest BCUT2D eigenvalue weighted by Gasteiger charge is -2.30. The molecule has 0 aromatic heterocycles. The number of nitrogens with zero attached hydrogens (tertiary/aromatic N) is 1. The van der Waals surface area contributed by atoms with E-state index in [-0.39, 0.29) is 25.1 Å². The first-order chi connectivity index (χ1) is 8.52. The van der Waals surface area contributed by atoms with Gasteiger partial charge in [-0.1, -0.05) is 28.2 Å². The molecule has 2 atom stereocenters. The SMILES string of the molecule is C.CNC(=O)C(C)NC(=O)C(C)N(C)C(=O)C(C)(C)C. The molecule has 0 bridgehead atoms. The number of nitrogens with one attached hydrogen (secondary N) is 2. The van der Waals surface area contributed by atoms with Gasteiger partial charge < -0.3 is 15.5 Å². The summed E-state index contributed by atoms with van der Waals surface area (Å²) in [7, 11) is 3.09. The van der Waals surface area contributed by atoms with E-state index in [2.05, 4.69) is 10.6 Å². The minimum Gasteiger partial charge on any atom is -0.357 e. The highest BCUT2D eigenvalue weighted by atomic mass is 16.2. The lowest BCUT2D eigenvalue weighted by atomic mass is 9.94. The van der Waals surface area contributed by atoms with Crippen molar-refractivity contribution in [2.45, 2.75) is 54.1 Å². The number of hydrogen-bond acceptors (Lipinski definition) is 3. The molecule has 2 N–H and O–H groups in total. The molecule has 0 spiro atoms. The molecule has 0 rings (SSSR count). The summed E-state index contributed by atoms with van der Waals surface area (Å²) in [5.41, 5.74) is -0.546. The summed E-state index contributed by atoms with van der Waals surface area (Å²) in [4.78, 5) is 36.7. The predicted molar refractivity (Wildman–Crippen MR) is 80.1 cm³/mol. The maximum Gasteiger partial charge on any atom is 0.243 e. The summed E-state index contributed by atoms with van der Waals surface area (Å²) in [5, 5.41) is 5.02. The van der Waals surface area contributed by atoms with Gasteiger partial charge in [0.1, 0.15) is 12.1 Å². The fraction of sp³-hybridized carbons (Fsp3) is 0.786. The Balaban J connectivity index is 0. The van der Waals surface area contributed by atoms with Crippen LogP contribution in [0.1, 0.15) is 42.0 Å². The molecule has 6 nitrogen and oxygen atoms in total. The molecule has 0 aliphatic carbocycles. The molecule has 0 aromatic carbocycles. The quantitative estimate of drug-likeness (QED) is 0.801. The maximum absolute atomic E-state index is 12.1. The summed E-state index contributed by atoms with van der Waals surface area (Å²) in [6.45, 7) is 8.61. The van der Waals surface area contributed by atoms with Crippen LogP contribution in [0.4, 0.5) is 0 Å². The van der Waals surface area contributed by atoms with Crippen molar-refractivity contribution in [2.24, 2.45) is 5.41 Å². The molecule has 0 saturated heterocycles. The van der Waals surface area contributed by atoms with Crippen LogP contribution in [0.15, 0.2) is 0 Å². The fourth-order valence-electron chi connectivity index (χ4n) is 1.50. The second-order valence-corrected chi connectivity index (χ2v) is 5.69. The van der Waals surface area contributed by atoms with E-state index in [9.17, 15) is 14.4 Å². The zero-order chi connectivity index (χ0) is 15.4. The highest BCUT2D eigenvalue weighted by Crippen LogP contribution is 2.17. The Hall–Kier alpha value is -1.59. The highest BCUT2D eigenvalue weighted by Gasteiger charge is 2.31. The van der Waals surface area contributed by atoms with E-state index in [0.29, 0.717) is 0 Å². The molecular weight excluding hydrogens is 258 g/mol. The largest absolute Gasteiger partial charge is 0.357 e. The summed E-state index contributed by atoms with van der Waals surface area (Å²) in [5.74, 6) is -0.746. The van der Waals surface area contributed by atoms with Gasteiger partial charge in [0, 0.05) is 19.5 Å². The molecule has 0 fully saturated rings. The summed E-state index contributed by atoms with van der Waals surface area (Å²) in [6, 6.07) is -1.25. The van der Waals surface area contributed by atoms with Crippen molar-refractivity contribution >= 4 is 17.7 Å². The molecule has 0 aliphatic heterocycles. The van der Waals surface area contributed by atoms with Crippen LogP contribution in [-0.4, -0.2) is 48.8 Å². The van der Waals surface area contributed by atoms with Crippen molar-refractivity contribution in [3.8, 4) is 0 Å². The van der Waals surface area contributed by atoms with Crippen molar-refractivity contribution in [1.29, 1.82) is 0 Å². The van der Waals surface area contributed by atoms with Gasteiger partial charge in [0.15, 0.2) is 0 Å². The lowest BCUT2D eigenvalue weighted by molar-refractivity contribution is -0.144. The van der Waals surface area contributed by atoms with Crippen molar-refractivity contribution in [3.63, 3.8) is 0 Å². The van der Waals surface area contributed by atoms with E-state index < -0.39 is 17.5 Å². The van der Waals surface area contributed by atoms with Gasteiger partial charge in [-0.2, -0.15) is 0 Å².